The van der Waals surface area contributed by atoms with Crippen molar-refractivity contribution in [1.82, 2.24) is 14.7 Å². The van der Waals surface area contributed by atoms with Gasteiger partial charge in [0.25, 0.3) is 0 Å². The van der Waals surface area contributed by atoms with E-state index in [0.717, 1.165) is 39.0 Å². The quantitative estimate of drug-likeness (QED) is 0.859. The lowest BCUT2D eigenvalue weighted by molar-refractivity contribution is 0.0835. The molecule has 2 rings (SSSR count). The number of nitrogens with two attached hydrogens (primary N) is 1. The number of likely N-dealkylation sites (N-methyl/N-ethyl adjacent to an activating group) is 1. The van der Waals surface area contributed by atoms with Crippen LogP contribution in [-0.4, -0.2) is 47.0 Å². The molecule has 1 aliphatic heterocycles. The minimum atomic E-state index is 0.0757. The molecule has 2 heterocycles. The Kier molecular flexibility index (Phi) is 4.37. The molecule has 1 unspecified atom stereocenters. The average molecular weight is 252 g/mol. The summed E-state index contributed by atoms with van der Waals surface area (Å²) in [6.07, 6.45) is 7.21. The molecule has 5 heteroatoms. The molecule has 0 amide bonds. The van der Waals surface area contributed by atoms with Gasteiger partial charge in [-0.2, -0.15) is 5.10 Å². The topological polar surface area (TPSA) is 56.3 Å². The third kappa shape index (κ3) is 2.91. The summed E-state index contributed by atoms with van der Waals surface area (Å²) in [5.74, 6) is 0. The van der Waals surface area contributed by atoms with E-state index in [1.807, 2.05) is 17.9 Å². The van der Waals surface area contributed by atoms with Gasteiger partial charge in [-0.05, 0) is 26.3 Å². The van der Waals surface area contributed by atoms with E-state index in [4.69, 9.17) is 10.5 Å². The summed E-state index contributed by atoms with van der Waals surface area (Å²) >= 11 is 0. The summed E-state index contributed by atoms with van der Waals surface area (Å²) in [5, 5.41) is 4.22. The third-order valence-corrected chi connectivity index (χ3v) is 4.01. The van der Waals surface area contributed by atoms with Crippen LogP contribution in [0.2, 0.25) is 0 Å². The molecule has 102 valence electrons. The third-order valence-electron chi connectivity index (χ3n) is 4.01. The van der Waals surface area contributed by atoms with Crippen molar-refractivity contribution in [2.75, 3.05) is 26.8 Å². The molecule has 2 N–H and O–H groups in total. The highest BCUT2D eigenvalue weighted by molar-refractivity contribution is 5.05. The van der Waals surface area contributed by atoms with E-state index < -0.39 is 0 Å². The van der Waals surface area contributed by atoms with Gasteiger partial charge in [0.05, 0.1) is 6.20 Å². The second-order valence-corrected chi connectivity index (χ2v) is 5.27. The highest BCUT2D eigenvalue weighted by atomic mass is 16.5. The first-order chi connectivity index (χ1) is 8.66. The van der Waals surface area contributed by atoms with E-state index in [2.05, 4.69) is 23.2 Å². The molecular weight excluding hydrogens is 228 g/mol. The van der Waals surface area contributed by atoms with Crippen LogP contribution in [0.3, 0.4) is 0 Å². The molecule has 0 aliphatic carbocycles. The molecule has 0 spiro atoms. The summed E-state index contributed by atoms with van der Waals surface area (Å²) in [7, 11) is 4.10. The molecule has 1 saturated heterocycles. The minimum Gasteiger partial charge on any atom is -0.381 e. The van der Waals surface area contributed by atoms with Crippen LogP contribution >= 0.6 is 0 Å². The first-order valence-electron chi connectivity index (χ1n) is 6.63. The Balaban J connectivity index is 2.06. The molecule has 1 atom stereocenters. The van der Waals surface area contributed by atoms with Crippen molar-refractivity contribution < 1.29 is 4.74 Å². The summed E-state index contributed by atoms with van der Waals surface area (Å²) < 4.78 is 7.40. The fourth-order valence-corrected chi connectivity index (χ4v) is 2.73. The molecule has 0 saturated carbocycles. The molecular formula is C13H24N4O. The molecule has 0 aromatic carbocycles. The van der Waals surface area contributed by atoms with E-state index in [-0.39, 0.29) is 5.54 Å². The van der Waals surface area contributed by atoms with Gasteiger partial charge in [-0.25, -0.2) is 0 Å². The van der Waals surface area contributed by atoms with Gasteiger partial charge in [0.1, 0.15) is 0 Å². The molecule has 0 radical (unpaired) electrons. The van der Waals surface area contributed by atoms with Gasteiger partial charge in [-0.15, -0.1) is 0 Å². The number of aryl methyl sites for hydroxylation is 1. The number of rotatable bonds is 4. The molecule has 5 nitrogen and oxygen atoms in total. The van der Waals surface area contributed by atoms with Gasteiger partial charge in [-0.3, -0.25) is 9.58 Å². The Labute approximate surface area is 109 Å². The van der Waals surface area contributed by atoms with Crippen LogP contribution in [0.25, 0.3) is 0 Å². The monoisotopic (exact) mass is 252 g/mol. The number of ether oxygens (including phenoxy) is 1. The average Bonchev–Trinajstić information content (AvgIpc) is 2.65. The highest BCUT2D eigenvalue weighted by Gasteiger charge is 2.34. The van der Waals surface area contributed by atoms with Gasteiger partial charge in [-0.1, -0.05) is 0 Å². The first kappa shape index (κ1) is 13.5. The van der Waals surface area contributed by atoms with E-state index in [1.165, 1.54) is 5.56 Å². The van der Waals surface area contributed by atoms with E-state index in [1.54, 1.807) is 0 Å². The zero-order chi connectivity index (χ0) is 13.0. The number of aromatic nitrogens is 2. The standard InChI is InChI=1S/C13H24N4O/c1-16(9-12-8-15-17(2)10-12)13(11-14)4-3-6-18-7-5-13/h8,10H,3-7,9,11,14H2,1-2H3. The van der Waals surface area contributed by atoms with Crippen LogP contribution in [-0.2, 0) is 18.3 Å². The summed E-state index contributed by atoms with van der Waals surface area (Å²) in [6, 6.07) is 0. The Hall–Kier alpha value is -0.910. The van der Waals surface area contributed by atoms with Crippen LogP contribution < -0.4 is 5.73 Å². The van der Waals surface area contributed by atoms with Crippen molar-refractivity contribution in [3.8, 4) is 0 Å². The molecule has 1 fully saturated rings. The summed E-state index contributed by atoms with van der Waals surface area (Å²) in [6.45, 7) is 3.26. The van der Waals surface area contributed by atoms with E-state index in [9.17, 15) is 0 Å². The van der Waals surface area contributed by atoms with Crippen LogP contribution in [0, 0.1) is 0 Å². The minimum absolute atomic E-state index is 0.0757. The maximum atomic E-state index is 6.05. The smallest absolute Gasteiger partial charge is 0.0534 e. The maximum absolute atomic E-state index is 6.05. The molecule has 18 heavy (non-hydrogen) atoms. The van der Waals surface area contributed by atoms with Gasteiger partial charge in [0.2, 0.25) is 0 Å². The van der Waals surface area contributed by atoms with Crippen LogP contribution in [0.15, 0.2) is 12.4 Å². The summed E-state index contributed by atoms with van der Waals surface area (Å²) in [4.78, 5) is 2.37. The van der Waals surface area contributed by atoms with E-state index in [0.29, 0.717) is 6.54 Å². The molecule has 0 bridgehead atoms. The lowest BCUT2D eigenvalue weighted by Gasteiger charge is -2.40. The predicted octanol–water partition coefficient (Wildman–Crippen LogP) is 0.750. The fraction of sp³-hybridized carbons (Fsp3) is 0.769. The second kappa shape index (κ2) is 5.82. The zero-order valence-corrected chi connectivity index (χ0v) is 11.4. The predicted molar refractivity (Wildman–Crippen MR) is 71.1 cm³/mol. The molecule has 1 aromatic heterocycles. The van der Waals surface area contributed by atoms with Crippen LogP contribution in [0.1, 0.15) is 24.8 Å². The molecule has 1 aromatic rings. The van der Waals surface area contributed by atoms with Crippen molar-refractivity contribution in [1.29, 1.82) is 0 Å². The number of hydrogen-bond acceptors (Lipinski definition) is 4. The van der Waals surface area contributed by atoms with Crippen molar-refractivity contribution in [2.24, 2.45) is 12.8 Å². The van der Waals surface area contributed by atoms with Crippen LogP contribution in [0.5, 0.6) is 0 Å². The highest BCUT2D eigenvalue weighted by Crippen LogP contribution is 2.27. The van der Waals surface area contributed by atoms with Gasteiger partial charge >= 0.3 is 0 Å². The van der Waals surface area contributed by atoms with Crippen LogP contribution in [0.4, 0.5) is 0 Å². The van der Waals surface area contributed by atoms with Gasteiger partial charge in [0.15, 0.2) is 0 Å². The summed E-state index contributed by atoms with van der Waals surface area (Å²) in [5.41, 5.74) is 7.36. The normalized spacial score (nSPS) is 25.3. The largest absolute Gasteiger partial charge is 0.381 e. The van der Waals surface area contributed by atoms with Crippen molar-refractivity contribution in [3.63, 3.8) is 0 Å². The Morgan fingerprint density at radius 1 is 1.50 bits per heavy atom. The molecule has 1 aliphatic rings. The van der Waals surface area contributed by atoms with Crippen molar-refractivity contribution in [2.45, 2.75) is 31.3 Å². The van der Waals surface area contributed by atoms with E-state index >= 15 is 0 Å². The second-order valence-electron chi connectivity index (χ2n) is 5.27. The number of nitrogens with zero attached hydrogens (tertiary/aromatic N) is 3. The SMILES string of the molecule is CN(Cc1cnn(C)c1)C1(CN)CCCOCC1. The van der Waals surface area contributed by atoms with Gasteiger partial charge < -0.3 is 10.5 Å². The lowest BCUT2D eigenvalue weighted by atomic mass is 9.88. The fourth-order valence-electron chi connectivity index (χ4n) is 2.73. The van der Waals surface area contributed by atoms with Gasteiger partial charge in [0, 0.05) is 50.7 Å². The Morgan fingerprint density at radius 2 is 2.33 bits per heavy atom. The van der Waals surface area contributed by atoms with Crippen molar-refractivity contribution in [3.05, 3.63) is 18.0 Å². The lowest BCUT2D eigenvalue weighted by Crippen LogP contribution is -2.51. The zero-order valence-electron chi connectivity index (χ0n) is 11.4. The van der Waals surface area contributed by atoms with Crippen molar-refractivity contribution >= 4 is 0 Å². The Morgan fingerprint density at radius 3 is 3.00 bits per heavy atom. The Bertz CT molecular complexity index is 369. The maximum Gasteiger partial charge on any atom is 0.0534 e. The first-order valence-corrected chi connectivity index (χ1v) is 6.63. The number of hydrogen-bond donors (Lipinski definition) is 1.